The molecular formula is C27H29N3O4S. The van der Waals surface area contributed by atoms with Crippen LogP contribution >= 0.6 is 0 Å². The maximum atomic E-state index is 12.4. The van der Waals surface area contributed by atoms with E-state index in [1.165, 1.54) is 11.4 Å². The van der Waals surface area contributed by atoms with E-state index in [4.69, 9.17) is 5.73 Å². The molecular weight excluding hydrogens is 462 g/mol. The van der Waals surface area contributed by atoms with E-state index in [-0.39, 0.29) is 6.42 Å². The Hall–Kier alpha value is -3.62. The number of sulfonamides is 1. The number of H-pyrrole nitrogens is 1. The van der Waals surface area contributed by atoms with Gasteiger partial charge in [0.25, 0.3) is 10.0 Å². The highest BCUT2D eigenvalue weighted by Crippen LogP contribution is 2.40. The van der Waals surface area contributed by atoms with Gasteiger partial charge in [-0.2, -0.15) is 0 Å². The van der Waals surface area contributed by atoms with Crippen LogP contribution in [0.2, 0.25) is 0 Å². The number of aromatic nitrogens is 1. The average Bonchev–Trinajstić information content (AvgIpc) is 3.18. The van der Waals surface area contributed by atoms with Crippen LogP contribution in [-0.2, 0) is 26.8 Å². The van der Waals surface area contributed by atoms with Gasteiger partial charge in [0, 0.05) is 28.7 Å². The van der Waals surface area contributed by atoms with Crippen molar-refractivity contribution in [2.45, 2.75) is 32.8 Å². The van der Waals surface area contributed by atoms with Gasteiger partial charge in [0.2, 0.25) is 5.91 Å². The third-order valence-corrected chi connectivity index (χ3v) is 7.82. The number of nitrogens with one attached hydrogen (secondary N) is 1. The molecule has 0 unspecified atom stereocenters. The van der Waals surface area contributed by atoms with Crippen LogP contribution in [0.5, 0.6) is 0 Å². The lowest BCUT2D eigenvalue weighted by molar-refractivity contribution is -0.117. The summed E-state index contributed by atoms with van der Waals surface area (Å²) in [7, 11) is -2.16. The van der Waals surface area contributed by atoms with Crippen LogP contribution in [0.15, 0.2) is 60.5 Å². The maximum absolute atomic E-state index is 12.4. The van der Waals surface area contributed by atoms with Crippen molar-refractivity contribution in [2.75, 3.05) is 11.4 Å². The predicted octanol–water partition coefficient (Wildman–Crippen LogP) is 4.46. The Morgan fingerprint density at radius 1 is 1.17 bits per heavy atom. The van der Waals surface area contributed by atoms with Crippen molar-refractivity contribution in [3.8, 4) is 11.1 Å². The lowest BCUT2D eigenvalue weighted by atomic mass is 9.92. The number of hydrogen-bond donors (Lipinski definition) is 3. The van der Waals surface area contributed by atoms with Crippen LogP contribution in [0.4, 0.5) is 5.69 Å². The highest BCUT2D eigenvalue weighted by molar-refractivity contribution is 7.95. The van der Waals surface area contributed by atoms with Gasteiger partial charge in [0.1, 0.15) is 0 Å². The topological polar surface area (TPSA) is 116 Å². The zero-order chi connectivity index (χ0) is 25.7. The van der Waals surface area contributed by atoms with E-state index < -0.39 is 21.5 Å². The number of carbonyl (C=O) groups excluding carboxylic acids is 1. The first-order chi connectivity index (χ1) is 16.3. The first-order valence-corrected chi connectivity index (χ1v) is 12.7. The molecule has 0 saturated carbocycles. The van der Waals surface area contributed by atoms with Crippen LogP contribution in [0.1, 0.15) is 30.5 Å². The number of aliphatic hydroxyl groups is 1. The summed E-state index contributed by atoms with van der Waals surface area (Å²) in [6, 6.07) is 15.1. The molecule has 0 aliphatic heterocycles. The molecule has 35 heavy (non-hydrogen) atoms. The molecule has 1 amide bonds. The number of anilines is 1. The van der Waals surface area contributed by atoms with Gasteiger partial charge in [0.15, 0.2) is 0 Å². The molecule has 0 aliphatic rings. The van der Waals surface area contributed by atoms with E-state index in [0.29, 0.717) is 5.69 Å². The molecule has 4 rings (SSSR count). The van der Waals surface area contributed by atoms with E-state index in [9.17, 15) is 18.3 Å². The molecule has 7 nitrogen and oxygen atoms in total. The van der Waals surface area contributed by atoms with Gasteiger partial charge in [-0.1, -0.05) is 43.0 Å². The molecule has 4 N–H and O–H groups in total. The fourth-order valence-electron chi connectivity index (χ4n) is 4.51. The molecule has 0 bridgehead atoms. The van der Waals surface area contributed by atoms with Crippen molar-refractivity contribution in [3.63, 3.8) is 0 Å². The van der Waals surface area contributed by atoms with Crippen LogP contribution < -0.4 is 10.0 Å². The summed E-state index contributed by atoms with van der Waals surface area (Å²) in [5, 5.41) is 13.2. The fraction of sp³-hybridized carbons (Fsp3) is 0.222. The van der Waals surface area contributed by atoms with E-state index >= 15 is 0 Å². The van der Waals surface area contributed by atoms with Crippen molar-refractivity contribution in [1.82, 2.24) is 4.98 Å². The fourth-order valence-corrected chi connectivity index (χ4v) is 5.21. The number of nitrogens with two attached hydrogens (primary N) is 1. The molecule has 1 heterocycles. The second-order valence-electron chi connectivity index (χ2n) is 9.24. The molecule has 0 aliphatic carbocycles. The number of aromatic amines is 1. The highest BCUT2D eigenvalue weighted by atomic mass is 32.2. The van der Waals surface area contributed by atoms with Gasteiger partial charge in [-0.25, -0.2) is 8.42 Å². The third kappa shape index (κ3) is 4.31. The summed E-state index contributed by atoms with van der Waals surface area (Å²) in [5.41, 5.74) is 10.7. The molecule has 4 aromatic rings. The van der Waals surface area contributed by atoms with Gasteiger partial charge in [-0.05, 0) is 60.7 Å². The largest absolute Gasteiger partial charge is 0.386 e. The van der Waals surface area contributed by atoms with Crippen LogP contribution in [-0.4, -0.2) is 31.5 Å². The quantitative estimate of drug-likeness (QED) is 0.354. The zero-order valence-corrected chi connectivity index (χ0v) is 21.0. The van der Waals surface area contributed by atoms with Crippen LogP contribution in [0.25, 0.3) is 32.9 Å². The van der Waals surface area contributed by atoms with Crippen molar-refractivity contribution < 1.29 is 18.3 Å². The van der Waals surface area contributed by atoms with Crippen LogP contribution in [0.3, 0.4) is 0 Å². The monoisotopic (exact) mass is 491 g/mol. The minimum atomic E-state index is -3.66. The molecule has 8 heteroatoms. The predicted molar refractivity (Wildman–Crippen MR) is 142 cm³/mol. The Bertz CT molecular complexity index is 1590. The molecule has 0 atom stereocenters. The van der Waals surface area contributed by atoms with E-state index in [1.807, 2.05) is 49.4 Å². The number of nitrogens with zero attached hydrogens (tertiary/aromatic N) is 1. The van der Waals surface area contributed by atoms with Crippen molar-refractivity contribution in [2.24, 2.45) is 5.73 Å². The number of primary amides is 1. The number of benzene rings is 3. The Morgan fingerprint density at radius 2 is 1.89 bits per heavy atom. The number of hydrogen-bond acceptors (Lipinski definition) is 4. The zero-order valence-electron chi connectivity index (χ0n) is 20.2. The summed E-state index contributed by atoms with van der Waals surface area (Å²) in [5.74, 6) is -0.440. The highest BCUT2D eigenvalue weighted by Gasteiger charge is 2.22. The number of rotatable bonds is 7. The van der Waals surface area contributed by atoms with E-state index in [2.05, 4.69) is 11.6 Å². The summed E-state index contributed by atoms with van der Waals surface area (Å²) in [4.78, 5) is 15.2. The second-order valence-corrected chi connectivity index (χ2v) is 11.1. The van der Waals surface area contributed by atoms with Gasteiger partial charge in [0.05, 0.1) is 23.2 Å². The lowest BCUT2D eigenvalue weighted by Gasteiger charge is -2.21. The minimum Gasteiger partial charge on any atom is -0.386 e. The number of amides is 1. The standard InChI is InChI=1S/C27H29N3O4S/c1-6-35(33,34)30(5)23-9-7-8-19(16(23)2)20-12-10-17(14-24(28)31)26-25(20)21-13-11-18(27(3,4)32)15-22(21)29-26/h6-13,15,29,32H,1,14H2,2-5H3,(H2,28,31). The van der Waals surface area contributed by atoms with Gasteiger partial charge < -0.3 is 15.8 Å². The molecule has 0 saturated heterocycles. The van der Waals surface area contributed by atoms with E-state index in [1.54, 1.807) is 19.9 Å². The number of carbonyl (C=O) groups is 1. The molecule has 0 fully saturated rings. The summed E-state index contributed by atoms with van der Waals surface area (Å²) in [6.45, 7) is 8.76. The molecule has 182 valence electrons. The first kappa shape index (κ1) is 24.5. The summed E-state index contributed by atoms with van der Waals surface area (Å²) < 4.78 is 26.1. The normalized spacial score (nSPS) is 12.3. The third-order valence-electron chi connectivity index (χ3n) is 6.44. The smallest absolute Gasteiger partial charge is 0.256 e. The van der Waals surface area contributed by atoms with E-state index in [0.717, 1.165) is 55.0 Å². The van der Waals surface area contributed by atoms with Crippen molar-refractivity contribution in [1.29, 1.82) is 0 Å². The maximum Gasteiger partial charge on any atom is 0.256 e. The first-order valence-electron chi connectivity index (χ1n) is 11.1. The minimum absolute atomic E-state index is 0.0707. The lowest BCUT2D eigenvalue weighted by Crippen LogP contribution is -2.24. The average molecular weight is 492 g/mol. The Morgan fingerprint density at radius 3 is 2.51 bits per heavy atom. The van der Waals surface area contributed by atoms with Gasteiger partial charge in [-0.3, -0.25) is 9.10 Å². The molecule has 0 spiro atoms. The molecule has 3 aromatic carbocycles. The Kier molecular flexibility index (Phi) is 5.99. The Labute approximate surface area is 204 Å². The number of fused-ring (bicyclic) bond motifs is 3. The SMILES string of the molecule is C=CS(=O)(=O)N(C)c1cccc(-c2ccc(CC(N)=O)c3[nH]c4cc(C(C)(C)O)ccc4c23)c1C. The summed E-state index contributed by atoms with van der Waals surface area (Å²) in [6.07, 6.45) is 0.0707. The molecule has 1 aromatic heterocycles. The summed E-state index contributed by atoms with van der Waals surface area (Å²) >= 11 is 0. The van der Waals surface area contributed by atoms with Gasteiger partial charge >= 0.3 is 0 Å². The van der Waals surface area contributed by atoms with Crippen molar-refractivity contribution >= 4 is 43.4 Å². The molecule has 0 radical (unpaired) electrons. The second kappa shape index (κ2) is 8.55. The Balaban J connectivity index is 2.04. The van der Waals surface area contributed by atoms with Crippen LogP contribution in [0, 0.1) is 6.92 Å². The van der Waals surface area contributed by atoms with Gasteiger partial charge in [-0.15, -0.1) is 0 Å². The van der Waals surface area contributed by atoms with Crippen molar-refractivity contribution in [3.05, 3.63) is 77.2 Å².